The van der Waals surface area contributed by atoms with E-state index in [1.807, 2.05) is 26.8 Å². The standard InChI is InChI=1S/C23H29NO2/c1-6-20(25)12-18-9-10-21-16(4)22(11-14(2)23(18)21)26-13-19-8-7-15(3)24-17(19)5/h7-8,11,18H,6,9-10,12-13H2,1-5H3. The summed E-state index contributed by atoms with van der Waals surface area (Å²) in [6, 6.07) is 6.28. The maximum Gasteiger partial charge on any atom is 0.133 e. The first kappa shape index (κ1) is 18.6. The molecule has 2 aromatic rings. The second kappa shape index (κ2) is 7.61. The monoisotopic (exact) mass is 351 g/mol. The second-order valence-corrected chi connectivity index (χ2v) is 7.53. The van der Waals surface area contributed by atoms with Crippen molar-refractivity contribution in [1.29, 1.82) is 0 Å². The molecule has 1 aliphatic rings. The predicted octanol–water partition coefficient (Wildman–Crippen LogP) is 5.29. The highest BCUT2D eigenvalue weighted by atomic mass is 16.5. The molecule has 1 aliphatic carbocycles. The third kappa shape index (κ3) is 3.67. The number of carbonyl (C=O) groups is 1. The van der Waals surface area contributed by atoms with Crippen molar-refractivity contribution in [2.45, 2.75) is 72.8 Å². The Balaban J connectivity index is 1.82. The molecule has 0 saturated heterocycles. The highest BCUT2D eigenvalue weighted by Crippen LogP contribution is 2.42. The van der Waals surface area contributed by atoms with Gasteiger partial charge in [0.1, 0.15) is 18.1 Å². The van der Waals surface area contributed by atoms with Crippen molar-refractivity contribution < 1.29 is 9.53 Å². The van der Waals surface area contributed by atoms with E-state index in [2.05, 4.69) is 31.0 Å². The first-order valence-corrected chi connectivity index (χ1v) is 9.61. The third-order valence-electron chi connectivity index (χ3n) is 5.66. The lowest BCUT2D eigenvalue weighted by atomic mass is 9.90. The smallest absolute Gasteiger partial charge is 0.133 e. The van der Waals surface area contributed by atoms with Gasteiger partial charge in [0.05, 0.1) is 0 Å². The quantitative estimate of drug-likeness (QED) is 0.709. The van der Waals surface area contributed by atoms with Gasteiger partial charge in [0.15, 0.2) is 0 Å². The number of aromatic nitrogens is 1. The molecule has 0 N–H and O–H groups in total. The number of nitrogens with zero attached hydrogens (tertiary/aromatic N) is 1. The lowest BCUT2D eigenvalue weighted by Gasteiger charge is -2.18. The van der Waals surface area contributed by atoms with E-state index in [-0.39, 0.29) is 0 Å². The molecule has 0 saturated carbocycles. The van der Waals surface area contributed by atoms with E-state index in [4.69, 9.17) is 4.74 Å². The number of Topliss-reactive ketones (excluding diaryl/α,β-unsaturated/α-hetero) is 1. The molecule has 1 aromatic carbocycles. The summed E-state index contributed by atoms with van der Waals surface area (Å²) in [7, 11) is 0. The minimum atomic E-state index is 0.363. The van der Waals surface area contributed by atoms with Gasteiger partial charge in [0, 0.05) is 29.8 Å². The number of hydrogen-bond acceptors (Lipinski definition) is 3. The van der Waals surface area contributed by atoms with Gasteiger partial charge in [-0.05, 0) is 80.8 Å². The van der Waals surface area contributed by atoms with Crippen LogP contribution in [0.4, 0.5) is 0 Å². The molecule has 3 rings (SSSR count). The van der Waals surface area contributed by atoms with Crippen molar-refractivity contribution >= 4 is 5.78 Å². The Morgan fingerprint density at radius 3 is 2.69 bits per heavy atom. The molecule has 0 spiro atoms. The summed E-state index contributed by atoms with van der Waals surface area (Å²) in [5.41, 5.74) is 8.46. The van der Waals surface area contributed by atoms with Crippen LogP contribution in [-0.2, 0) is 17.8 Å². The summed E-state index contributed by atoms with van der Waals surface area (Å²) in [5.74, 6) is 1.71. The zero-order chi connectivity index (χ0) is 18.8. The molecule has 1 heterocycles. The molecule has 1 atom stereocenters. The summed E-state index contributed by atoms with van der Waals surface area (Å²) in [6.07, 6.45) is 3.44. The lowest BCUT2D eigenvalue weighted by Crippen LogP contribution is -2.06. The van der Waals surface area contributed by atoms with Crippen LogP contribution >= 0.6 is 0 Å². The Hall–Kier alpha value is -2.16. The molecule has 0 fully saturated rings. The number of ether oxygens (including phenoxy) is 1. The lowest BCUT2D eigenvalue weighted by molar-refractivity contribution is -0.119. The van der Waals surface area contributed by atoms with Crippen LogP contribution in [0.25, 0.3) is 0 Å². The molecule has 3 nitrogen and oxygen atoms in total. The summed E-state index contributed by atoms with van der Waals surface area (Å²) in [4.78, 5) is 16.4. The van der Waals surface area contributed by atoms with Gasteiger partial charge in [0.2, 0.25) is 0 Å². The first-order valence-electron chi connectivity index (χ1n) is 9.61. The number of pyridine rings is 1. The molecule has 3 heteroatoms. The van der Waals surface area contributed by atoms with Crippen LogP contribution in [0.1, 0.15) is 71.3 Å². The van der Waals surface area contributed by atoms with E-state index in [9.17, 15) is 4.79 Å². The zero-order valence-electron chi connectivity index (χ0n) is 16.6. The van der Waals surface area contributed by atoms with E-state index in [0.717, 1.165) is 35.5 Å². The Labute approximate surface area is 156 Å². The summed E-state index contributed by atoms with van der Waals surface area (Å²) < 4.78 is 6.18. The fourth-order valence-electron chi connectivity index (χ4n) is 4.12. The molecule has 138 valence electrons. The van der Waals surface area contributed by atoms with Crippen LogP contribution in [0.5, 0.6) is 5.75 Å². The van der Waals surface area contributed by atoms with Crippen molar-refractivity contribution in [3.63, 3.8) is 0 Å². The van der Waals surface area contributed by atoms with Crippen LogP contribution in [-0.4, -0.2) is 10.8 Å². The largest absolute Gasteiger partial charge is 0.489 e. The second-order valence-electron chi connectivity index (χ2n) is 7.53. The molecule has 26 heavy (non-hydrogen) atoms. The van der Waals surface area contributed by atoms with Gasteiger partial charge >= 0.3 is 0 Å². The SMILES string of the molecule is CCC(=O)CC1CCc2c(C)c(OCc3ccc(C)nc3C)cc(C)c21. The van der Waals surface area contributed by atoms with Gasteiger partial charge in [-0.2, -0.15) is 0 Å². The summed E-state index contributed by atoms with van der Waals surface area (Å²) >= 11 is 0. The molecule has 1 aromatic heterocycles. The molecule has 0 amide bonds. The average molecular weight is 351 g/mol. The van der Waals surface area contributed by atoms with Gasteiger partial charge in [-0.25, -0.2) is 0 Å². The number of ketones is 1. The van der Waals surface area contributed by atoms with Gasteiger partial charge in [-0.1, -0.05) is 13.0 Å². The predicted molar refractivity (Wildman–Crippen MR) is 105 cm³/mol. The van der Waals surface area contributed by atoms with Gasteiger partial charge in [-0.15, -0.1) is 0 Å². The fourth-order valence-corrected chi connectivity index (χ4v) is 4.12. The fraction of sp³-hybridized carbons (Fsp3) is 0.478. The van der Waals surface area contributed by atoms with Crippen molar-refractivity contribution in [2.24, 2.45) is 0 Å². The maximum atomic E-state index is 11.9. The normalized spacial score (nSPS) is 15.8. The van der Waals surface area contributed by atoms with E-state index < -0.39 is 0 Å². The average Bonchev–Trinajstić information content (AvgIpc) is 3.02. The van der Waals surface area contributed by atoms with Crippen LogP contribution < -0.4 is 4.74 Å². The Morgan fingerprint density at radius 1 is 1.23 bits per heavy atom. The maximum absolute atomic E-state index is 11.9. The van der Waals surface area contributed by atoms with E-state index >= 15 is 0 Å². The number of aryl methyl sites for hydroxylation is 3. The minimum Gasteiger partial charge on any atom is -0.489 e. The Bertz CT molecular complexity index is 839. The highest BCUT2D eigenvalue weighted by molar-refractivity contribution is 5.79. The van der Waals surface area contributed by atoms with Crippen molar-refractivity contribution in [3.05, 3.63) is 57.4 Å². The van der Waals surface area contributed by atoms with Crippen molar-refractivity contribution in [2.75, 3.05) is 0 Å². The van der Waals surface area contributed by atoms with Crippen LogP contribution in [0, 0.1) is 27.7 Å². The molecule has 0 bridgehead atoms. The summed E-state index contributed by atoms with van der Waals surface area (Å²) in [6.45, 7) is 10.8. The van der Waals surface area contributed by atoms with E-state index in [1.54, 1.807) is 0 Å². The molecule has 1 unspecified atom stereocenters. The van der Waals surface area contributed by atoms with Gasteiger partial charge in [0.25, 0.3) is 0 Å². The summed E-state index contributed by atoms with van der Waals surface area (Å²) in [5, 5.41) is 0. The number of carbonyl (C=O) groups excluding carboxylic acids is 1. The Kier molecular flexibility index (Phi) is 5.45. The molecular formula is C23H29NO2. The van der Waals surface area contributed by atoms with Crippen LogP contribution in [0.15, 0.2) is 18.2 Å². The first-order chi connectivity index (χ1) is 12.4. The number of rotatable bonds is 6. The zero-order valence-corrected chi connectivity index (χ0v) is 16.6. The molecule has 0 aliphatic heterocycles. The number of benzene rings is 1. The van der Waals surface area contributed by atoms with Crippen molar-refractivity contribution in [1.82, 2.24) is 4.98 Å². The Morgan fingerprint density at radius 2 is 2.00 bits per heavy atom. The number of hydrogen-bond donors (Lipinski definition) is 0. The molecular weight excluding hydrogens is 322 g/mol. The van der Waals surface area contributed by atoms with Crippen LogP contribution in [0.2, 0.25) is 0 Å². The van der Waals surface area contributed by atoms with Gasteiger partial charge in [-0.3, -0.25) is 9.78 Å². The van der Waals surface area contributed by atoms with Crippen molar-refractivity contribution in [3.8, 4) is 5.75 Å². The van der Waals surface area contributed by atoms with E-state index in [1.165, 1.54) is 22.3 Å². The number of fused-ring (bicyclic) bond motifs is 1. The minimum absolute atomic E-state index is 0.363. The highest BCUT2D eigenvalue weighted by Gasteiger charge is 2.28. The van der Waals surface area contributed by atoms with Gasteiger partial charge < -0.3 is 4.74 Å². The van der Waals surface area contributed by atoms with E-state index in [0.29, 0.717) is 31.1 Å². The van der Waals surface area contributed by atoms with Crippen LogP contribution in [0.3, 0.4) is 0 Å². The topological polar surface area (TPSA) is 39.2 Å². The molecule has 0 radical (unpaired) electrons. The third-order valence-corrected chi connectivity index (χ3v) is 5.66.